The van der Waals surface area contributed by atoms with Gasteiger partial charge in [-0.15, -0.1) is 0 Å². The summed E-state index contributed by atoms with van der Waals surface area (Å²) in [5, 5.41) is 21.0. The molecule has 0 aliphatic heterocycles. The Morgan fingerprint density at radius 2 is 1.76 bits per heavy atom. The molecule has 0 saturated heterocycles. The molecule has 0 unspecified atom stereocenters. The Kier molecular flexibility index (Phi) is 4.32. The molecule has 8 heteroatoms. The highest BCUT2D eigenvalue weighted by molar-refractivity contribution is 7.92. The molecule has 0 aliphatic rings. The summed E-state index contributed by atoms with van der Waals surface area (Å²) in [6.07, 6.45) is 0.987. The largest absolute Gasteiger partial charge is 0.769 e. The van der Waals surface area contributed by atoms with Crippen LogP contribution in [0.3, 0.4) is 0 Å². The Hall–Kier alpha value is -2.29. The van der Waals surface area contributed by atoms with Crippen LogP contribution in [0.5, 0.6) is 11.5 Å². The van der Waals surface area contributed by atoms with Crippen LogP contribution in [0, 0.1) is 10.4 Å². The first-order valence-electron chi connectivity index (χ1n) is 5.84. The minimum absolute atomic E-state index is 0.0563. The lowest BCUT2D eigenvalue weighted by Crippen LogP contribution is -2.11. The molecule has 21 heavy (non-hydrogen) atoms. The summed E-state index contributed by atoms with van der Waals surface area (Å²) in [6.45, 7) is 0. The lowest BCUT2D eigenvalue weighted by atomic mass is 10.2. The Labute approximate surface area is 122 Å². The monoisotopic (exact) mass is 308 g/mol. The van der Waals surface area contributed by atoms with Crippen molar-refractivity contribution >= 4 is 21.4 Å². The number of nitrogens with one attached hydrogen (secondary N) is 1. The molecule has 0 heterocycles. The number of hydrogen-bond acceptors (Lipinski definition) is 6. The van der Waals surface area contributed by atoms with Crippen LogP contribution in [0.2, 0.25) is 0 Å². The lowest BCUT2D eigenvalue weighted by Gasteiger charge is -2.37. The van der Waals surface area contributed by atoms with Gasteiger partial charge in [0.05, 0.1) is 11.9 Å². The van der Waals surface area contributed by atoms with Gasteiger partial charge in [0.25, 0.3) is 0 Å². The van der Waals surface area contributed by atoms with Gasteiger partial charge in [-0.25, -0.2) is 8.42 Å². The van der Waals surface area contributed by atoms with Crippen molar-refractivity contribution in [3.8, 4) is 11.5 Å². The third-order valence-electron chi connectivity index (χ3n) is 2.44. The predicted molar refractivity (Wildman–Crippen MR) is 80.6 cm³/mol. The molecule has 0 saturated carbocycles. The van der Waals surface area contributed by atoms with Crippen molar-refractivity contribution < 1.29 is 13.2 Å². The fraction of sp³-hybridized carbons (Fsp3) is 0.0769. The standard InChI is InChI=1S/C13H12N2O5S/c1-21(18,19)14-12-8-7-10(15(16)17)9-13(12)20-11-5-3-2-4-6-11/h2-9,14H,1H3/q-2. The van der Waals surface area contributed by atoms with Gasteiger partial charge in [-0.1, -0.05) is 18.2 Å². The van der Waals surface area contributed by atoms with Gasteiger partial charge in [0.1, 0.15) is 5.75 Å². The van der Waals surface area contributed by atoms with E-state index < -0.39 is 15.2 Å². The second-order valence-electron chi connectivity index (χ2n) is 4.23. The first-order chi connectivity index (χ1) is 9.85. The number of benzene rings is 2. The molecule has 0 aliphatic carbocycles. The highest BCUT2D eigenvalue weighted by Gasteiger charge is 2.10. The fourth-order valence-corrected chi connectivity index (χ4v) is 2.18. The van der Waals surface area contributed by atoms with Crippen molar-refractivity contribution in [2.75, 3.05) is 16.2 Å². The van der Waals surface area contributed by atoms with Crippen LogP contribution in [-0.4, -0.2) is 14.7 Å². The van der Waals surface area contributed by atoms with Crippen LogP contribution in [0.15, 0.2) is 48.5 Å². The molecule has 0 aromatic heterocycles. The van der Waals surface area contributed by atoms with Crippen molar-refractivity contribution in [1.29, 1.82) is 0 Å². The summed E-state index contributed by atoms with van der Waals surface area (Å²) in [5.41, 5.74) is -0.0630. The minimum atomic E-state index is -3.52. The number of hydrogen-bond donors (Lipinski definition) is 1. The number of anilines is 2. The molecular weight excluding hydrogens is 296 g/mol. The minimum Gasteiger partial charge on any atom is -0.769 e. The Morgan fingerprint density at radius 3 is 2.33 bits per heavy atom. The smallest absolute Gasteiger partial charge is 0.229 e. The third-order valence-corrected chi connectivity index (χ3v) is 3.03. The zero-order valence-corrected chi connectivity index (χ0v) is 11.8. The summed E-state index contributed by atoms with van der Waals surface area (Å²) in [7, 11) is -3.52. The molecular formula is C13H12N2O5S-2. The number of para-hydroxylation sites is 1. The average molecular weight is 308 g/mol. The van der Waals surface area contributed by atoms with E-state index in [0.29, 0.717) is 5.75 Å². The Morgan fingerprint density at radius 1 is 1.10 bits per heavy atom. The van der Waals surface area contributed by atoms with Crippen molar-refractivity contribution in [3.05, 3.63) is 58.9 Å². The van der Waals surface area contributed by atoms with Gasteiger partial charge < -0.3 is 20.4 Å². The SMILES string of the molecule is CS(=O)(=O)Nc1ccc(N([O-])[O-])cc1Oc1ccccc1. The number of nitrogens with zero attached hydrogens (tertiary/aromatic N) is 1. The van der Waals surface area contributed by atoms with E-state index in [0.717, 1.165) is 6.26 Å². The maximum atomic E-state index is 11.3. The molecule has 0 fully saturated rings. The van der Waals surface area contributed by atoms with Crippen molar-refractivity contribution in [1.82, 2.24) is 0 Å². The second-order valence-corrected chi connectivity index (χ2v) is 5.98. The molecule has 0 bridgehead atoms. The van der Waals surface area contributed by atoms with Gasteiger partial charge in [0.2, 0.25) is 10.0 Å². The molecule has 2 aromatic carbocycles. The van der Waals surface area contributed by atoms with E-state index in [1.54, 1.807) is 30.3 Å². The number of ether oxygens (including phenoxy) is 1. The summed E-state index contributed by atoms with van der Waals surface area (Å²) in [5.74, 6) is 0.496. The van der Waals surface area contributed by atoms with E-state index in [1.165, 1.54) is 18.2 Å². The Bertz CT molecular complexity index is 717. The van der Waals surface area contributed by atoms with Gasteiger partial charge in [-0.3, -0.25) is 4.72 Å². The molecule has 2 aromatic rings. The van der Waals surface area contributed by atoms with E-state index in [1.807, 2.05) is 0 Å². The molecule has 2 rings (SSSR count). The van der Waals surface area contributed by atoms with Gasteiger partial charge in [-0.05, 0) is 24.3 Å². The Balaban J connectivity index is 2.41. The first kappa shape index (κ1) is 15.1. The third kappa shape index (κ3) is 4.35. The molecule has 0 atom stereocenters. The van der Waals surface area contributed by atoms with E-state index in [2.05, 4.69) is 4.72 Å². The van der Waals surface area contributed by atoms with Crippen LogP contribution >= 0.6 is 0 Å². The van der Waals surface area contributed by atoms with Crippen LogP contribution in [0.25, 0.3) is 0 Å². The molecule has 7 nitrogen and oxygen atoms in total. The number of sulfonamides is 1. The number of rotatable bonds is 5. The molecule has 0 amide bonds. The normalized spacial score (nSPS) is 11.0. The van der Waals surface area contributed by atoms with Gasteiger partial charge in [0, 0.05) is 11.8 Å². The van der Waals surface area contributed by atoms with Crippen LogP contribution in [0.4, 0.5) is 11.4 Å². The van der Waals surface area contributed by atoms with E-state index in [4.69, 9.17) is 4.74 Å². The van der Waals surface area contributed by atoms with E-state index >= 15 is 0 Å². The van der Waals surface area contributed by atoms with Gasteiger partial charge in [0.15, 0.2) is 5.75 Å². The highest BCUT2D eigenvalue weighted by Crippen LogP contribution is 2.33. The van der Waals surface area contributed by atoms with Gasteiger partial charge >= 0.3 is 0 Å². The van der Waals surface area contributed by atoms with E-state index in [-0.39, 0.29) is 17.1 Å². The van der Waals surface area contributed by atoms with E-state index in [9.17, 15) is 18.8 Å². The molecule has 112 valence electrons. The summed E-state index contributed by atoms with van der Waals surface area (Å²) >= 11 is 0. The predicted octanol–water partition coefficient (Wildman–Crippen LogP) is 2.65. The topological polar surface area (TPSA) is 105 Å². The lowest BCUT2D eigenvalue weighted by molar-refractivity contribution is 0.485. The summed E-state index contributed by atoms with van der Waals surface area (Å²) in [4.78, 5) is 0. The zero-order chi connectivity index (χ0) is 15.5. The molecule has 0 radical (unpaired) electrons. The van der Waals surface area contributed by atoms with Crippen molar-refractivity contribution in [2.24, 2.45) is 0 Å². The van der Waals surface area contributed by atoms with Crippen LogP contribution < -0.4 is 14.7 Å². The van der Waals surface area contributed by atoms with Crippen molar-refractivity contribution in [3.63, 3.8) is 0 Å². The molecule has 0 spiro atoms. The highest BCUT2D eigenvalue weighted by atomic mass is 32.2. The van der Waals surface area contributed by atoms with Crippen LogP contribution in [0.1, 0.15) is 0 Å². The summed E-state index contributed by atoms with van der Waals surface area (Å²) in [6, 6.07) is 12.2. The zero-order valence-electron chi connectivity index (χ0n) is 11.0. The maximum Gasteiger partial charge on any atom is 0.229 e. The fourth-order valence-electron chi connectivity index (χ4n) is 1.61. The maximum absolute atomic E-state index is 11.3. The second kappa shape index (κ2) is 6.00. The van der Waals surface area contributed by atoms with Crippen molar-refractivity contribution in [2.45, 2.75) is 0 Å². The van der Waals surface area contributed by atoms with Gasteiger partial charge in [-0.2, -0.15) is 0 Å². The van der Waals surface area contributed by atoms with Crippen LogP contribution in [-0.2, 0) is 10.0 Å². The first-order valence-corrected chi connectivity index (χ1v) is 7.73. The summed E-state index contributed by atoms with van der Waals surface area (Å²) < 4.78 is 30.4. The molecule has 1 N–H and O–H groups in total. The average Bonchev–Trinajstić information content (AvgIpc) is 2.40. The quantitative estimate of drug-likeness (QED) is 0.851.